The molecule has 1 saturated carbocycles. The number of hydrogen-bond acceptors (Lipinski definition) is 2. The zero-order valence-electron chi connectivity index (χ0n) is 14.6. The first kappa shape index (κ1) is 16.0. The van der Waals surface area contributed by atoms with Gasteiger partial charge >= 0.3 is 0 Å². The lowest BCUT2D eigenvalue weighted by Crippen LogP contribution is -2.51. The lowest BCUT2D eigenvalue weighted by Gasteiger charge is -2.53. The van der Waals surface area contributed by atoms with Crippen molar-refractivity contribution in [3.05, 3.63) is 23.3 Å². The van der Waals surface area contributed by atoms with E-state index >= 15 is 0 Å². The SMILES string of the molecule is CC1=CC[C@@H]2C3C(C(C)C)=CC(O)C3(C)CCC2(C)C(=O)C1. The second-order valence-corrected chi connectivity index (χ2v) is 8.66. The van der Waals surface area contributed by atoms with E-state index in [0.29, 0.717) is 30.0 Å². The summed E-state index contributed by atoms with van der Waals surface area (Å²) in [4.78, 5) is 12.9. The molecule has 1 fully saturated rings. The zero-order chi connectivity index (χ0) is 16.3. The van der Waals surface area contributed by atoms with Crippen LogP contribution < -0.4 is 0 Å². The molecule has 0 heterocycles. The molecule has 0 radical (unpaired) electrons. The van der Waals surface area contributed by atoms with E-state index in [1.807, 2.05) is 0 Å². The van der Waals surface area contributed by atoms with Gasteiger partial charge in [-0.3, -0.25) is 4.79 Å². The van der Waals surface area contributed by atoms with E-state index in [9.17, 15) is 9.90 Å². The van der Waals surface area contributed by atoms with Crippen molar-refractivity contribution in [1.82, 2.24) is 0 Å². The van der Waals surface area contributed by atoms with Crippen LogP contribution in [0.4, 0.5) is 0 Å². The maximum atomic E-state index is 12.9. The van der Waals surface area contributed by atoms with Gasteiger partial charge in [0.05, 0.1) is 6.10 Å². The van der Waals surface area contributed by atoms with Crippen molar-refractivity contribution in [3.8, 4) is 0 Å². The maximum absolute atomic E-state index is 12.9. The molecule has 0 aliphatic heterocycles. The van der Waals surface area contributed by atoms with Crippen molar-refractivity contribution in [2.45, 2.75) is 66.4 Å². The van der Waals surface area contributed by atoms with Gasteiger partial charge in [-0.25, -0.2) is 0 Å². The Morgan fingerprint density at radius 1 is 1.27 bits per heavy atom. The Kier molecular flexibility index (Phi) is 3.67. The highest BCUT2D eigenvalue weighted by Crippen LogP contribution is 2.62. The molecule has 0 aromatic carbocycles. The molecule has 1 N–H and O–H groups in total. The number of carbonyl (C=O) groups is 1. The number of allylic oxidation sites excluding steroid dienone is 3. The summed E-state index contributed by atoms with van der Waals surface area (Å²) in [6, 6.07) is 0. The number of rotatable bonds is 1. The number of ketones is 1. The van der Waals surface area contributed by atoms with Gasteiger partial charge in [-0.15, -0.1) is 0 Å². The molecule has 0 amide bonds. The van der Waals surface area contributed by atoms with Crippen LogP contribution in [-0.4, -0.2) is 17.0 Å². The summed E-state index contributed by atoms with van der Waals surface area (Å²) in [6.07, 6.45) is 7.48. The van der Waals surface area contributed by atoms with Crippen molar-refractivity contribution >= 4 is 5.78 Å². The fourth-order valence-corrected chi connectivity index (χ4v) is 5.27. The Balaban J connectivity index is 2.09. The van der Waals surface area contributed by atoms with Gasteiger partial charge in [-0.05, 0) is 43.9 Å². The molecule has 3 rings (SSSR count). The van der Waals surface area contributed by atoms with Crippen LogP contribution in [-0.2, 0) is 4.79 Å². The summed E-state index contributed by atoms with van der Waals surface area (Å²) in [5, 5.41) is 10.7. The molecule has 5 atom stereocenters. The van der Waals surface area contributed by atoms with E-state index in [1.165, 1.54) is 11.1 Å². The summed E-state index contributed by atoms with van der Waals surface area (Å²) < 4.78 is 0. The van der Waals surface area contributed by atoms with Crippen LogP contribution in [0.15, 0.2) is 23.3 Å². The van der Waals surface area contributed by atoms with Crippen LogP contribution in [0.3, 0.4) is 0 Å². The van der Waals surface area contributed by atoms with Crippen LogP contribution in [0, 0.1) is 28.6 Å². The molecule has 0 spiro atoms. The summed E-state index contributed by atoms with van der Waals surface area (Å²) in [6.45, 7) is 10.9. The third-order valence-corrected chi connectivity index (χ3v) is 6.96. The molecule has 3 aliphatic rings. The third kappa shape index (κ3) is 2.06. The van der Waals surface area contributed by atoms with E-state index in [0.717, 1.165) is 19.3 Å². The van der Waals surface area contributed by atoms with Crippen molar-refractivity contribution in [2.75, 3.05) is 0 Å². The molecule has 0 aromatic rings. The Morgan fingerprint density at radius 3 is 2.59 bits per heavy atom. The van der Waals surface area contributed by atoms with E-state index in [-0.39, 0.29) is 16.9 Å². The minimum absolute atomic E-state index is 0.0872. The topological polar surface area (TPSA) is 37.3 Å². The molecule has 0 aromatic heterocycles. The van der Waals surface area contributed by atoms with Crippen LogP contribution in [0.1, 0.15) is 60.3 Å². The fraction of sp³-hybridized carbons (Fsp3) is 0.750. The number of carbonyl (C=O) groups excluding carboxylic acids is 1. The van der Waals surface area contributed by atoms with E-state index in [1.54, 1.807) is 0 Å². The lowest BCUT2D eigenvalue weighted by molar-refractivity contribution is -0.139. The first-order valence-corrected chi connectivity index (χ1v) is 8.79. The van der Waals surface area contributed by atoms with Gasteiger partial charge in [0.2, 0.25) is 0 Å². The highest BCUT2D eigenvalue weighted by atomic mass is 16.3. The summed E-state index contributed by atoms with van der Waals surface area (Å²) in [7, 11) is 0. The molecule has 122 valence electrons. The zero-order valence-corrected chi connectivity index (χ0v) is 14.6. The maximum Gasteiger partial charge on any atom is 0.143 e. The number of aliphatic hydroxyl groups excluding tert-OH is 1. The molecule has 4 unspecified atom stereocenters. The smallest absolute Gasteiger partial charge is 0.143 e. The van der Waals surface area contributed by atoms with Gasteiger partial charge in [0, 0.05) is 17.3 Å². The first-order valence-electron chi connectivity index (χ1n) is 8.79. The van der Waals surface area contributed by atoms with Gasteiger partial charge in [-0.1, -0.05) is 51.0 Å². The predicted molar refractivity (Wildman–Crippen MR) is 89.4 cm³/mol. The molecule has 22 heavy (non-hydrogen) atoms. The predicted octanol–water partition coefficient (Wildman–Crippen LogP) is 4.29. The van der Waals surface area contributed by atoms with Gasteiger partial charge in [0.25, 0.3) is 0 Å². The quantitative estimate of drug-likeness (QED) is 0.734. The third-order valence-electron chi connectivity index (χ3n) is 6.96. The van der Waals surface area contributed by atoms with Gasteiger partial charge in [0.1, 0.15) is 5.78 Å². The van der Waals surface area contributed by atoms with E-state index in [2.05, 4.69) is 46.8 Å². The standard InChI is InChI=1S/C20H30O2/c1-12(2)14-11-17(22)20(5)9-8-19(4)15(18(14)20)7-6-13(3)10-16(19)21/h6,11-12,15,17-18,22H,7-10H2,1-5H3/t15-,17?,18?,19?,20?/m1/s1. The molecule has 2 nitrogen and oxygen atoms in total. The van der Waals surface area contributed by atoms with Crippen LogP contribution in [0.25, 0.3) is 0 Å². The number of aliphatic hydroxyl groups is 1. The lowest BCUT2D eigenvalue weighted by atomic mass is 9.50. The van der Waals surface area contributed by atoms with Crippen molar-refractivity contribution in [1.29, 1.82) is 0 Å². The number of fused-ring (bicyclic) bond motifs is 3. The minimum atomic E-state index is -0.358. The second-order valence-electron chi connectivity index (χ2n) is 8.66. The van der Waals surface area contributed by atoms with Gasteiger partial charge in [-0.2, -0.15) is 0 Å². The Labute approximate surface area is 134 Å². The minimum Gasteiger partial charge on any atom is -0.388 e. The summed E-state index contributed by atoms with van der Waals surface area (Å²) >= 11 is 0. The van der Waals surface area contributed by atoms with Crippen molar-refractivity contribution in [2.24, 2.45) is 28.6 Å². The monoisotopic (exact) mass is 302 g/mol. The summed E-state index contributed by atoms with van der Waals surface area (Å²) in [5.41, 5.74) is 2.29. The first-order chi connectivity index (χ1) is 10.2. The van der Waals surface area contributed by atoms with Gasteiger partial charge < -0.3 is 5.11 Å². The van der Waals surface area contributed by atoms with E-state index < -0.39 is 0 Å². The Bertz CT molecular complexity index is 556. The average Bonchev–Trinajstić information content (AvgIpc) is 2.64. The second kappa shape index (κ2) is 5.06. The van der Waals surface area contributed by atoms with Crippen LogP contribution in [0.2, 0.25) is 0 Å². The molecular weight excluding hydrogens is 272 g/mol. The summed E-state index contributed by atoms with van der Waals surface area (Å²) in [5.74, 6) is 1.52. The average molecular weight is 302 g/mol. The fourth-order valence-electron chi connectivity index (χ4n) is 5.27. The van der Waals surface area contributed by atoms with Crippen molar-refractivity contribution in [3.63, 3.8) is 0 Å². The highest BCUT2D eigenvalue weighted by molar-refractivity contribution is 5.87. The largest absolute Gasteiger partial charge is 0.388 e. The molecular formula is C20H30O2. The van der Waals surface area contributed by atoms with Gasteiger partial charge in [0.15, 0.2) is 0 Å². The molecule has 2 heteroatoms. The molecule has 0 bridgehead atoms. The normalized spacial score (nSPS) is 45.0. The number of Topliss-reactive ketones (excluding diaryl/α,β-unsaturated/α-hetero) is 1. The van der Waals surface area contributed by atoms with Crippen LogP contribution in [0.5, 0.6) is 0 Å². The van der Waals surface area contributed by atoms with E-state index in [4.69, 9.17) is 0 Å². The van der Waals surface area contributed by atoms with Crippen molar-refractivity contribution < 1.29 is 9.90 Å². The Morgan fingerprint density at radius 2 is 1.95 bits per heavy atom. The molecule has 0 saturated heterocycles. The molecule has 3 aliphatic carbocycles. The Hall–Kier alpha value is -0.890. The highest BCUT2D eigenvalue weighted by Gasteiger charge is 2.59. The number of hydrogen-bond donors (Lipinski definition) is 1. The van der Waals surface area contributed by atoms with Crippen LogP contribution >= 0.6 is 0 Å².